The van der Waals surface area contributed by atoms with Crippen molar-refractivity contribution in [3.63, 3.8) is 0 Å². The van der Waals surface area contributed by atoms with Crippen molar-refractivity contribution in [2.24, 2.45) is 4.99 Å². The van der Waals surface area contributed by atoms with Gasteiger partial charge in [0.05, 0.1) is 5.75 Å². The fourth-order valence-electron chi connectivity index (χ4n) is 2.23. The van der Waals surface area contributed by atoms with Gasteiger partial charge in [0.15, 0.2) is 15.8 Å². The second kappa shape index (κ2) is 10.9. The van der Waals surface area contributed by atoms with E-state index in [0.717, 1.165) is 13.0 Å². The van der Waals surface area contributed by atoms with E-state index in [0.29, 0.717) is 12.5 Å². The van der Waals surface area contributed by atoms with E-state index in [9.17, 15) is 8.42 Å². The van der Waals surface area contributed by atoms with Crippen LogP contribution in [0.1, 0.15) is 23.6 Å². The van der Waals surface area contributed by atoms with E-state index < -0.39 is 9.84 Å². The number of aryl methyl sites for hydroxylation is 2. The Morgan fingerprint density at radius 3 is 2.17 bits per heavy atom. The lowest BCUT2D eigenvalue weighted by atomic mass is 10.1. The summed E-state index contributed by atoms with van der Waals surface area (Å²) in [6.07, 6.45) is 0.899. The van der Waals surface area contributed by atoms with Crippen LogP contribution in [0.2, 0.25) is 0 Å². The summed E-state index contributed by atoms with van der Waals surface area (Å²) in [5, 5.41) is 6.23. The topological polar surface area (TPSA) is 70.6 Å². The van der Waals surface area contributed by atoms with Gasteiger partial charge < -0.3 is 10.6 Å². The summed E-state index contributed by atoms with van der Waals surface area (Å²) in [6.45, 7) is 6.98. The van der Waals surface area contributed by atoms with Gasteiger partial charge in [0, 0.05) is 25.9 Å². The molecule has 2 N–H and O–H groups in total. The number of sulfone groups is 1. The van der Waals surface area contributed by atoms with Crippen LogP contribution in [0, 0.1) is 13.8 Å². The fraction of sp³-hybridized carbons (Fsp3) is 0.562. The standard InChI is InChI=1S/C16H27N3O2S.HI/c1-5-22(20,21)9-8-19-16(17-4)18-7-6-15-11-13(2)10-14(3)12-15;/h10-12H,5-9H2,1-4H3,(H2,17,18,19);1H. The number of benzene rings is 1. The third-order valence-corrected chi connectivity index (χ3v) is 5.06. The van der Waals surface area contributed by atoms with Gasteiger partial charge in [-0.15, -0.1) is 24.0 Å². The van der Waals surface area contributed by atoms with Crippen LogP contribution >= 0.6 is 24.0 Å². The molecule has 0 bridgehead atoms. The van der Waals surface area contributed by atoms with Gasteiger partial charge in [0.25, 0.3) is 0 Å². The first-order chi connectivity index (χ1) is 10.4. The number of hydrogen-bond acceptors (Lipinski definition) is 3. The molecule has 0 aliphatic carbocycles. The molecule has 0 aromatic heterocycles. The Morgan fingerprint density at radius 1 is 1.09 bits per heavy atom. The maximum atomic E-state index is 11.4. The lowest BCUT2D eigenvalue weighted by molar-refractivity contribution is 0.595. The van der Waals surface area contributed by atoms with Crippen molar-refractivity contribution in [2.75, 3.05) is 31.6 Å². The summed E-state index contributed by atoms with van der Waals surface area (Å²) in [5.74, 6) is 0.935. The third kappa shape index (κ3) is 9.14. The van der Waals surface area contributed by atoms with Gasteiger partial charge in [0.2, 0.25) is 0 Å². The van der Waals surface area contributed by atoms with E-state index in [1.54, 1.807) is 14.0 Å². The summed E-state index contributed by atoms with van der Waals surface area (Å²) >= 11 is 0. The van der Waals surface area contributed by atoms with Gasteiger partial charge in [-0.2, -0.15) is 0 Å². The van der Waals surface area contributed by atoms with Crippen LogP contribution in [0.5, 0.6) is 0 Å². The number of nitrogens with zero attached hydrogens (tertiary/aromatic N) is 1. The lowest BCUT2D eigenvalue weighted by Gasteiger charge is -2.12. The molecule has 1 rings (SSSR count). The number of nitrogens with one attached hydrogen (secondary N) is 2. The summed E-state index contributed by atoms with van der Waals surface area (Å²) in [4.78, 5) is 4.10. The van der Waals surface area contributed by atoms with E-state index in [1.807, 2.05) is 0 Å². The molecule has 0 aliphatic heterocycles. The highest BCUT2D eigenvalue weighted by atomic mass is 127. The molecule has 0 atom stereocenters. The van der Waals surface area contributed by atoms with Crippen LogP contribution in [-0.2, 0) is 16.3 Å². The third-order valence-electron chi connectivity index (χ3n) is 3.36. The second-order valence-corrected chi connectivity index (χ2v) is 7.88. The minimum absolute atomic E-state index is 0. The van der Waals surface area contributed by atoms with Crippen molar-refractivity contribution in [3.05, 3.63) is 34.9 Å². The summed E-state index contributed by atoms with van der Waals surface area (Å²) in [6, 6.07) is 6.52. The maximum Gasteiger partial charge on any atom is 0.191 e. The molecule has 0 amide bonds. The Hall–Kier alpha value is -0.830. The van der Waals surface area contributed by atoms with Crippen molar-refractivity contribution in [1.82, 2.24) is 10.6 Å². The molecule has 0 saturated carbocycles. The number of hydrogen-bond donors (Lipinski definition) is 2. The molecule has 0 aliphatic rings. The van der Waals surface area contributed by atoms with Crippen LogP contribution in [0.15, 0.2) is 23.2 Å². The van der Waals surface area contributed by atoms with Crippen LogP contribution in [-0.4, -0.2) is 46.0 Å². The van der Waals surface area contributed by atoms with E-state index in [4.69, 9.17) is 0 Å². The Bertz CT molecular complexity index is 596. The predicted octanol–water partition coefficient (Wildman–Crippen LogP) is 2.06. The minimum Gasteiger partial charge on any atom is -0.356 e. The van der Waals surface area contributed by atoms with Crippen LogP contribution < -0.4 is 10.6 Å². The normalized spacial score (nSPS) is 11.7. The van der Waals surface area contributed by atoms with Gasteiger partial charge in [0.1, 0.15) is 0 Å². The number of halogens is 1. The molecule has 0 unspecified atom stereocenters. The smallest absolute Gasteiger partial charge is 0.191 e. The molecule has 0 heterocycles. The fourth-order valence-corrected chi connectivity index (χ4v) is 2.93. The molecule has 0 fully saturated rings. The zero-order chi connectivity index (χ0) is 16.6. The molecule has 1 aromatic carbocycles. The highest BCUT2D eigenvalue weighted by molar-refractivity contribution is 14.0. The average Bonchev–Trinajstić information content (AvgIpc) is 2.44. The van der Waals surface area contributed by atoms with E-state index in [1.165, 1.54) is 16.7 Å². The van der Waals surface area contributed by atoms with Gasteiger partial charge in [-0.25, -0.2) is 8.42 Å². The first-order valence-electron chi connectivity index (χ1n) is 7.58. The molecule has 5 nitrogen and oxygen atoms in total. The zero-order valence-corrected chi connectivity index (χ0v) is 17.5. The summed E-state index contributed by atoms with van der Waals surface area (Å²) in [7, 11) is -1.26. The van der Waals surface area contributed by atoms with Crippen molar-refractivity contribution in [3.8, 4) is 0 Å². The highest BCUT2D eigenvalue weighted by Crippen LogP contribution is 2.08. The molecule has 132 valence electrons. The SMILES string of the molecule is CCS(=O)(=O)CCNC(=NC)NCCc1cc(C)cc(C)c1.I. The van der Waals surface area contributed by atoms with Crippen molar-refractivity contribution < 1.29 is 8.42 Å². The van der Waals surface area contributed by atoms with Gasteiger partial charge in [-0.3, -0.25) is 4.99 Å². The Morgan fingerprint density at radius 2 is 1.65 bits per heavy atom. The maximum absolute atomic E-state index is 11.4. The van der Waals surface area contributed by atoms with E-state index in [2.05, 4.69) is 47.7 Å². The Kier molecular flexibility index (Phi) is 10.5. The second-order valence-electron chi connectivity index (χ2n) is 5.41. The van der Waals surface area contributed by atoms with Crippen molar-refractivity contribution >= 4 is 39.8 Å². The van der Waals surface area contributed by atoms with Crippen molar-refractivity contribution in [2.45, 2.75) is 27.2 Å². The van der Waals surface area contributed by atoms with Crippen LogP contribution in [0.4, 0.5) is 0 Å². The van der Waals surface area contributed by atoms with E-state index >= 15 is 0 Å². The van der Waals surface area contributed by atoms with Gasteiger partial charge in [-0.05, 0) is 25.8 Å². The Balaban J connectivity index is 0.00000484. The first kappa shape index (κ1) is 22.2. The number of rotatable bonds is 7. The highest BCUT2D eigenvalue weighted by Gasteiger charge is 2.07. The summed E-state index contributed by atoms with van der Waals surface area (Å²) < 4.78 is 22.9. The van der Waals surface area contributed by atoms with E-state index in [-0.39, 0.29) is 35.5 Å². The zero-order valence-electron chi connectivity index (χ0n) is 14.3. The molecule has 1 aromatic rings. The quantitative estimate of drug-likeness (QED) is 0.377. The molecule has 7 heteroatoms. The number of aliphatic imine (C=N–C) groups is 1. The molecule has 0 saturated heterocycles. The summed E-state index contributed by atoms with van der Waals surface area (Å²) in [5.41, 5.74) is 3.82. The van der Waals surface area contributed by atoms with Gasteiger partial charge >= 0.3 is 0 Å². The van der Waals surface area contributed by atoms with Gasteiger partial charge in [-0.1, -0.05) is 36.2 Å². The minimum atomic E-state index is -2.94. The largest absolute Gasteiger partial charge is 0.356 e. The van der Waals surface area contributed by atoms with Crippen molar-refractivity contribution in [1.29, 1.82) is 0 Å². The lowest BCUT2D eigenvalue weighted by Crippen LogP contribution is -2.40. The molecule has 0 radical (unpaired) electrons. The van der Waals surface area contributed by atoms with Crippen LogP contribution in [0.3, 0.4) is 0 Å². The molecule has 23 heavy (non-hydrogen) atoms. The molecular formula is C16H28IN3O2S. The monoisotopic (exact) mass is 453 g/mol. The van der Waals surface area contributed by atoms with Crippen LogP contribution in [0.25, 0.3) is 0 Å². The Labute approximate surface area is 157 Å². The molecule has 0 spiro atoms. The molecular weight excluding hydrogens is 425 g/mol. The predicted molar refractivity (Wildman–Crippen MR) is 109 cm³/mol. The number of guanidine groups is 1. The first-order valence-corrected chi connectivity index (χ1v) is 9.40. The average molecular weight is 453 g/mol.